The molecule has 0 atom stereocenters. The number of aromatic nitrogens is 6. The fraction of sp³-hybridized carbons (Fsp3) is 0.655. The third kappa shape index (κ3) is 6.21. The van der Waals surface area contributed by atoms with Gasteiger partial charge in [0.2, 0.25) is 17.8 Å². The lowest BCUT2D eigenvalue weighted by Crippen LogP contribution is -2.49. The molecule has 44 heavy (non-hydrogen) atoms. The Morgan fingerprint density at radius 2 is 1.59 bits per heavy atom. The Bertz CT molecular complexity index is 1440. The highest BCUT2D eigenvalue weighted by molar-refractivity contribution is 5.96. The molecule has 3 aromatic rings. The number of hydrogen-bond donors (Lipinski definition) is 1. The van der Waals surface area contributed by atoms with E-state index < -0.39 is 0 Å². The first-order valence-corrected chi connectivity index (χ1v) is 15.3. The van der Waals surface area contributed by atoms with Gasteiger partial charge in [-0.3, -0.25) is 4.79 Å². The number of aromatic amines is 1. The van der Waals surface area contributed by atoms with Gasteiger partial charge in [0, 0.05) is 86.3 Å². The summed E-state index contributed by atoms with van der Waals surface area (Å²) in [5.41, 5.74) is 3.48. The SMILES string of the molecule is COCCN(CCOC)c1nc(N2CCN(C)C(=O)C2)c2nc(N3CCc4[nH]cnc4C3)nc(N3CCC(OC)CC3)c2n1. The number of amides is 1. The largest absolute Gasteiger partial charge is 0.383 e. The summed E-state index contributed by atoms with van der Waals surface area (Å²) < 4.78 is 16.5. The van der Waals surface area contributed by atoms with Gasteiger partial charge in [-0.1, -0.05) is 0 Å². The van der Waals surface area contributed by atoms with Crippen LogP contribution in [0.1, 0.15) is 24.2 Å². The number of nitrogens with zero attached hydrogens (tertiary/aromatic N) is 10. The first kappa shape index (κ1) is 30.2. The second kappa shape index (κ2) is 13.4. The third-order valence-electron chi connectivity index (χ3n) is 8.79. The van der Waals surface area contributed by atoms with E-state index in [2.05, 4.69) is 24.7 Å². The Morgan fingerprint density at radius 3 is 2.30 bits per heavy atom. The fourth-order valence-electron chi connectivity index (χ4n) is 6.02. The van der Waals surface area contributed by atoms with Gasteiger partial charge in [-0.15, -0.1) is 0 Å². The number of anilines is 4. The Kier molecular flexibility index (Phi) is 9.23. The lowest BCUT2D eigenvalue weighted by Gasteiger charge is -2.35. The van der Waals surface area contributed by atoms with Crippen LogP contribution in [-0.4, -0.2) is 141 Å². The molecule has 0 aromatic carbocycles. The number of carbonyl (C=O) groups is 1. The van der Waals surface area contributed by atoms with E-state index in [9.17, 15) is 4.79 Å². The van der Waals surface area contributed by atoms with Gasteiger partial charge in [0.05, 0.1) is 44.4 Å². The number of piperazine rings is 1. The number of nitrogens with one attached hydrogen (secondary N) is 1. The van der Waals surface area contributed by atoms with Crippen LogP contribution in [0.2, 0.25) is 0 Å². The van der Waals surface area contributed by atoms with Crippen LogP contribution >= 0.6 is 0 Å². The molecule has 3 aliphatic heterocycles. The second-order valence-electron chi connectivity index (χ2n) is 11.5. The Labute approximate surface area is 257 Å². The maximum Gasteiger partial charge on any atom is 0.241 e. The van der Waals surface area contributed by atoms with Gasteiger partial charge in [0.25, 0.3) is 0 Å². The monoisotopic (exact) mass is 609 g/mol. The number of likely N-dealkylation sites (N-methyl/N-ethyl adjacent to an activating group) is 1. The number of H-pyrrole nitrogens is 1. The fourth-order valence-corrected chi connectivity index (χ4v) is 6.02. The highest BCUT2D eigenvalue weighted by atomic mass is 16.5. The normalized spacial score (nSPS) is 18.0. The molecule has 3 aliphatic rings. The van der Waals surface area contributed by atoms with Crippen molar-refractivity contribution in [2.45, 2.75) is 31.9 Å². The summed E-state index contributed by atoms with van der Waals surface area (Å²) in [6.07, 6.45) is 4.58. The highest BCUT2D eigenvalue weighted by Crippen LogP contribution is 2.35. The molecule has 0 spiro atoms. The summed E-state index contributed by atoms with van der Waals surface area (Å²) in [7, 11) is 6.97. The van der Waals surface area contributed by atoms with Crippen LogP contribution in [0.3, 0.4) is 0 Å². The number of carbonyl (C=O) groups excluding carboxylic acids is 1. The first-order valence-electron chi connectivity index (χ1n) is 15.3. The van der Waals surface area contributed by atoms with E-state index in [0.29, 0.717) is 74.7 Å². The van der Waals surface area contributed by atoms with Crippen molar-refractivity contribution in [2.24, 2.45) is 0 Å². The van der Waals surface area contributed by atoms with Crippen molar-refractivity contribution in [3.63, 3.8) is 0 Å². The van der Waals surface area contributed by atoms with Gasteiger partial charge in [0.15, 0.2) is 11.6 Å². The summed E-state index contributed by atoms with van der Waals surface area (Å²) in [5.74, 6) is 2.61. The second-order valence-corrected chi connectivity index (χ2v) is 11.5. The lowest BCUT2D eigenvalue weighted by atomic mass is 10.1. The maximum absolute atomic E-state index is 12.9. The number of fused-ring (bicyclic) bond motifs is 2. The number of rotatable bonds is 11. The van der Waals surface area contributed by atoms with Crippen molar-refractivity contribution in [2.75, 3.05) is 114 Å². The van der Waals surface area contributed by atoms with E-state index in [1.165, 1.54) is 0 Å². The Hall–Kier alpha value is -3.82. The molecule has 15 nitrogen and oxygen atoms in total. The number of piperidine rings is 1. The molecule has 3 aromatic heterocycles. The zero-order valence-corrected chi connectivity index (χ0v) is 26.2. The van der Waals surface area contributed by atoms with E-state index in [4.69, 9.17) is 34.1 Å². The minimum absolute atomic E-state index is 0.0402. The molecule has 6 rings (SSSR count). The summed E-state index contributed by atoms with van der Waals surface area (Å²) in [4.78, 5) is 51.6. The van der Waals surface area contributed by atoms with Crippen molar-refractivity contribution in [1.29, 1.82) is 0 Å². The summed E-state index contributed by atoms with van der Waals surface area (Å²) in [6.45, 7) is 6.56. The molecule has 0 saturated carbocycles. The van der Waals surface area contributed by atoms with Gasteiger partial charge >= 0.3 is 0 Å². The van der Waals surface area contributed by atoms with Crippen LogP contribution < -0.4 is 19.6 Å². The molecule has 6 heterocycles. The smallest absolute Gasteiger partial charge is 0.241 e. The van der Waals surface area contributed by atoms with Crippen LogP contribution in [0.4, 0.5) is 23.5 Å². The molecule has 15 heteroatoms. The van der Waals surface area contributed by atoms with Gasteiger partial charge in [-0.25, -0.2) is 15.0 Å². The molecule has 2 saturated heterocycles. The lowest BCUT2D eigenvalue weighted by molar-refractivity contribution is -0.129. The van der Waals surface area contributed by atoms with Crippen LogP contribution in [0, 0.1) is 0 Å². The van der Waals surface area contributed by atoms with E-state index >= 15 is 0 Å². The average molecular weight is 610 g/mol. The van der Waals surface area contributed by atoms with E-state index in [0.717, 1.165) is 56.1 Å². The predicted octanol–water partition coefficient (Wildman–Crippen LogP) is 0.698. The summed E-state index contributed by atoms with van der Waals surface area (Å²) >= 11 is 0. The van der Waals surface area contributed by atoms with Crippen molar-refractivity contribution >= 4 is 40.5 Å². The summed E-state index contributed by atoms with van der Waals surface area (Å²) in [6, 6.07) is 0. The van der Waals surface area contributed by atoms with Gasteiger partial charge in [-0.05, 0) is 12.8 Å². The number of ether oxygens (including phenoxy) is 3. The van der Waals surface area contributed by atoms with E-state index in [1.807, 2.05) is 11.9 Å². The average Bonchev–Trinajstić information content (AvgIpc) is 3.53. The number of hydrogen-bond acceptors (Lipinski definition) is 13. The van der Waals surface area contributed by atoms with Crippen molar-refractivity contribution < 1.29 is 19.0 Å². The molecule has 0 bridgehead atoms. The maximum atomic E-state index is 12.9. The van der Waals surface area contributed by atoms with Gasteiger partial charge in [-0.2, -0.15) is 9.97 Å². The van der Waals surface area contributed by atoms with Gasteiger partial charge < -0.3 is 43.7 Å². The first-order chi connectivity index (χ1) is 21.5. The zero-order valence-electron chi connectivity index (χ0n) is 26.2. The highest BCUT2D eigenvalue weighted by Gasteiger charge is 2.31. The molecule has 0 aliphatic carbocycles. The van der Waals surface area contributed by atoms with Crippen LogP contribution in [0.25, 0.3) is 11.0 Å². The van der Waals surface area contributed by atoms with Crippen LogP contribution in [0.5, 0.6) is 0 Å². The van der Waals surface area contributed by atoms with Crippen molar-refractivity contribution in [1.82, 2.24) is 34.8 Å². The zero-order chi connectivity index (χ0) is 30.6. The van der Waals surface area contributed by atoms with E-state index in [1.54, 1.807) is 32.6 Å². The van der Waals surface area contributed by atoms with Crippen LogP contribution in [0.15, 0.2) is 6.33 Å². The predicted molar refractivity (Wildman–Crippen MR) is 167 cm³/mol. The molecule has 2 fully saturated rings. The molecule has 0 radical (unpaired) electrons. The number of imidazole rings is 1. The van der Waals surface area contributed by atoms with E-state index in [-0.39, 0.29) is 18.6 Å². The van der Waals surface area contributed by atoms with Crippen molar-refractivity contribution in [3.8, 4) is 0 Å². The minimum Gasteiger partial charge on any atom is -0.383 e. The summed E-state index contributed by atoms with van der Waals surface area (Å²) in [5, 5.41) is 0. The Morgan fingerprint density at radius 1 is 0.864 bits per heavy atom. The topological polar surface area (TPSA) is 141 Å². The standard InChI is InChI=1S/C29H43N11O4/c1-36-11-12-39(18-23(36)41)27-25-24(32-28(35-27)38(13-15-42-2)14-16-43-3)26(37-8-5-20(44-4)6-9-37)34-29(33-25)40-10-7-21-22(17-40)31-19-30-21/h19-20H,5-18H2,1-4H3,(H,30,31). The van der Waals surface area contributed by atoms with Gasteiger partial charge in [0.1, 0.15) is 11.0 Å². The molecule has 0 unspecified atom stereocenters. The molecule has 1 amide bonds. The molecule has 1 N–H and O–H groups in total. The third-order valence-corrected chi connectivity index (χ3v) is 8.79. The minimum atomic E-state index is 0.0402. The quantitative estimate of drug-likeness (QED) is 0.326. The van der Waals surface area contributed by atoms with Crippen molar-refractivity contribution in [3.05, 3.63) is 17.7 Å². The number of methoxy groups -OCH3 is 3. The Balaban J connectivity index is 1.51. The van der Waals surface area contributed by atoms with Crippen LogP contribution in [-0.2, 0) is 32.0 Å². The molecule has 238 valence electrons. The molecular weight excluding hydrogens is 566 g/mol. The molecular formula is C29H43N11O4.